The van der Waals surface area contributed by atoms with Crippen molar-refractivity contribution in [2.75, 3.05) is 7.05 Å². The Morgan fingerprint density at radius 1 is 1.53 bits per heavy atom. The van der Waals surface area contributed by atoms with Gasteiger partial charge in [-0.3, -0.25) is 14.5 Å². The molecule has 2 rings (SSSR count). The van der Waals surface area contributed by atoms with Gasteiger partial charge in [0.1, 0.15) is 10.1 Å². The third kappa shape index (κ3) is 2.32. The molecule has 0 saturated carbocycles. The fourth-order valence-corrected chi connectivity index (χ4v) is 2.45. The van der Waals surface area contributed by atoms with Crippen molar-refractivity contribution in [2.24, 2.45) is 0 Å². The van der Waals surface area contributed by atoms with Gasteiger partial charge in [0.2, 0.25) is 0 Å². The zero-order chi connectivity index (χ0) is 12.6. The van der Waals surface area contributed by atoms with E-state index in [1.54, 1.807) is 25.3 Å². The highest BCUT2D eigenvalue weighted by atomic mass is 32.2. The van der Waals surface area contributed by atoms with Crippen molar-refractivity contribution in [3.05, 3.63) is 28.6 Å². The zero-order valence-electron chi connectivity index (χ0n) is 9.22. The van der Waals surface area contributed by atoms with Crippen LogP contribution in [0.15, 0.2) is 21.5 Å². The van der Waals surface area contributed by atoms with Crippen molar-refractivity contribution in [1.29, 1.82) is 0 Å². The lowest BCUT2D eigenvalue weighted by Gasteiger charge is -2.03. The molecular weight excluding hydrogens is 258 g/mol. The molecule has 0 radical (unpaired) electrons. The van der Waals surface area contributed by atoms with E-state index in [4.69, 9.17) is 16.6 Å². The number of nitrogens with zero attached hydrogens (tertiary/aromatic N) is 1. The van der Waals surface area contributed by atoms with Crippen LogP contribution in [-0.2, 0) is 4.79 Å². The van der Waals surface area contributed by atoms with Gasteiger partial charge in [0.25, 0.3) is 5.91 Å². The van der Waals surface area contributed by atoms with Gasteiger partial charge in [-0.05, 0) is 12.1 Å². The molecule has 0 unspecified atom stereocenters. The van der Waals surface area contributed by atoms with E-state index < -0.39 is 0 Å². The van der Waals surface area contributed by atoms with Gasteiger partial charge < -0.3 is 4.42 Å². The van der Waals surface area contributed by atoms with E-state index in [9.17, 15) is 9.59 Å². The molecule has 1 saturated heterocycles. The molecule has 2 heterocycles. The van der Waals surface area contributed by atoms with Crippen molar-refractivity contribution in [1.82, 2.24) is 4.90 Å². The van der Waals surface area contributed by atoms with E-state index in [1.807, 2.05) is 0 Å². The van der Waals surface area contributed by atoms with Crippen molar-refractivity contribution >= 4 is 46.1 Å². The molecule has 1 aliphatic rings. The summed E-state index contributed by atoms with van der Waals surface area (Å²) in [6, 6.07) is 3.24. The maximum Gasteiger partial charge on any atom is 0.266 e. The highest BCUT2D eigenvalue weighted by Gasteiger charge is 2.28. The molecule has 4 nitrogen and oxygen atoms in total. The number of amides is 1. The number of hydrogen-bond donors (Lipinski definition) is 0. The van der Waals surface area contributed by atoms with E-state index in [1.165, 1.54) is 23.6 Å². The summed E-state index contributed by atoms with van der Waals surface area (Å²) in [6.07, 6.45) is 1.59. The number of carbonyl (C=O) groups is 2. The van der Waals surface area contributed by atoms with Crippen LogP contribution in [-0.4, -0.2) is 28.0 Å². The summed E-state index contributed by atoms with van der Waals surface area (Å²) in [5.74, 6) is 0.459. The highest BCUT2D eigenvalue weighted by molar-refractivity contribution is 8.26. The fraction of sp³-hybridized carbons (Fsp3) is 0.182. The van der Waals surface area contributed by atoms with Gasteiger partial charge >= 0.3 is 0 Å². The second kappa shape index (κ2) is 4.46. The molecule has 6 heteroatoms. The first-order chi connectivity index (χ1) is 7.99. The number of carbonyl (C=O) groups excluding carboxylic acids is 2. The minimum atomic E-state index is -0.152. The topological polar surface area (TPSA) is 50.5 Å². The summed E-state index contributed by atoms with van der Waals surface area (Å²) < 4.78 is 5.79. The summed E-state index contributed by atoms with van der Waals surface area (Å²) in [4.78, 5) is 24.7. The molecule has 17 heavy (non-hydrogen) atoms. The van der Waals surface area contributed by atoms with E-state index in [2.05, 4.69) is 0 Å². The summed E-state index contributed by atoms with van der Waals surface area (Å²) in [5, 5.41) is 0. The highest BCUT2D eigenvalue weighted by Crippen LogP contribution is 2.31. The van der Waals surface area contributed by atoms with Gasteiger partial charge in [-0.25, -0.2) is 0 Å². The van der Waals surface area contributed by atoms with Gasteiger partial charge in [0.15, 0.2) is 11.5 Å². The third-order valence-electron chi connectivity index (χ3n) is 2.23. The number of hydrogen-bond acceptors (Lipinski definition) is 5. The molecule has 0 atom stereocenters. The van der Waals surface area contributed by atoms with Crippen molar-refractivity contribution in [3.63, 3.8) is 0 Å². The standard InChI is InChI=1S/C11H9NO3S2/c1-6(13)8-4-3-7(15-8)5-9-10(14)12(2)11(16)17-9/h3-5H,1-2H3/b9-5+. The molecule has 0 spiro atoms. The first-order valence-corrected chi connectivity index (χ1v) is 6.04. The first-order valence-electron chi connectivity index (χ1n) is 4.81. The summed E-state index contributed by atoms with van der Waals surface area (Å²) >= 11 is 6.22. The molecule has 1 fully saturated rings. The minimum absolute atomic E-state index is 0.146. The van der Waals surface area contributed by atoms with Crippen LogP contribution in [0, 0.1) is 0 Å². The molecule has 0 N–H and O–H groups in total. The van der Waals surface area contributed by atoms with Crippen LogP contribution in [0.5, 0.6) is 0 Å². The Bertz CT molecular complexity index is 545. The molecular formula is C11H9NO3S2. The number of Topliss-reactive ketones (excluding diaryl/α,β-unsaturated/α-hetero) is 1. The molecule has 1 aromatic rings. The Labute approximate surface area is 108 Å². The number of ketones is 1. The van der Waals surface area contributed by atoms with Crippen LogP contribution in [0.2, 0.25) is 0 Å². The van der Waals surface area contributed by atoms with Crippen molar-refractivity contribution < 1.29 is 14.0 Å². The van der Waals surface area contributed by atoms with Gasteiger partial charge in [0.05, 0.1) is 4.91 Å². The molecule has 1 aromatic heterocycles. The van der Waals surface area contributed by atoms with Gasteiger partial charge in [0, 0.05) is 20.0 Å². The predicted molar refractivity (Wildman–Crippen MR) is 69.6 cm³/mol. The number of furan rings is 1. The Balaban J connectivity index is 2.28. The summed E-state index contributed by atoms with van der Waals surface area (Å²) in [6.45, 7) is 1.42. The summed E-state index contributed by atoms with van der Waals surface area (Å²) in [5.41, 5.74) is 0. The molecule has 1 aliphatic heterocycles. The Hall–Kier alpha value is -1.40. The monoisotopic (exact) mass is 267 g/mol. The molecule has 1 amide bonds. The van der Waals surface area contributed by atoms with E-state index in [0.717, 1.165) is 0 Å². The average molecular weight is 267 g/mol. The number of thiocarbonyl (C=S) groups is 1. The maximum atomic E-state index is 11.7. The quantitative estimate of drug-likeness (QED) is 0.467. The normalized spacial score (nSPS) is 18.2. The molecule has 0 bridgehead atoms. The van der Waals surface area contributed by atoms with Gasteiger partial charge in [-0.2, -0.15) is 0 Å². The van der Waals surface area contributed by atoms with Crippen LogP contribution < -0.4 is 0 Å². The zero-order valence-corrected chi connectivity index (χ0v) is 10.9. The Kier molecular flexibility index (Phi) is 3.17. The largest absolute Gasteiger partial charge is 0.454 e. The fourth-order valence-electron chi connectivity index (χ4n) is 1.29. The van der Waals surface area contributed by atoms with Crippen LogP contribution in [0.25, 0.3) is 6.08 Å². The first kappa shape index (κ1) is 12.1. The second-order valence-corrected chi connectivity index (χ2v) is 5.17. The number of thioether (sulfide) groups is 1. The molecule has 0 aliphatic carbocycles. The van der Waals surface area contributed by atoms with E-state index in [0.29, 0.717) is 15.0 Å². The minimum Gasteiger partial charge on any atom is -0.454 e. The van der Waals surface area contributed by atoms with Crippen LogP contribution in [0.3, 0.4) is 0 Å². The summed E-state index contributed by atoms with van der Waals surface area (Å²) in [7, 11) is 1.63. The second-order valence-electron chi connectivity index (χ2n) is 3.50. The van der Waals surface area contributed by atoms with Gasteiger partial charge in [-0.15, -0.1) is 0 Å². The van der Waals surface area contributed by atoms with E-state index in [-0.39, 0.29) is 17.5 Å². The third-order valence-corrected chi connectivity index (χ3v) is 3.72. The number of rotatable bonds is 2. The van der Waals surface area contributed by atoms with Crippen molar-refractivity contribution in [3.8, 4) is 0 Å². The average Bonchev–Trinajstić information content (AvgIpc) is 2.82. The molecule has 0 aromatic carbocycles. The van der Waals surface area contributed by atoms with Gasteiger partial charge in [-0.1, -0.05) is 24.0 Å². The number of likely N-dealkylation sites (N-methyl/N-ethyl adjacent to an activating group) is 1. The smallest absolute Gasteiger partial charge is 0.266 e. The van der Waals surface area contributed by atoms with Crippen LogP contribution >= 0.6 is 24.0 Å². The predicted octanol–water partition coefficient (Wildman–Crippen LogP) is 2.31. The lowest BCUT2D eigenvalue weighted by atomic mass is 10.3. The molecule has 88 valence electrons. The van der Waals surface area contributed by atoms with Crippen LogP contribution in [0.1, 0.15) is 23.2 Å². The lowest BCUT2D eigenvalue weighted by molar-refractivity contribution is -0.121. The van der Waals surface area contributed by atoms with E-state index >= 15 is 0 Å². The Morgan fingerprint density at radius 3 is 2.71 bits per heavy atom. The SMILES string of the molecule is CC(=O)c1ccc(/C=C2/SC(=S)N(C)C2=O)o1. The Morgan fingerprint density at radius 2 is 2.24 bits per heavy atom. The lowest BCUT2D eigenvalue weighted by Crippen LogP contribution is -2.22. The van der Waals surface area contributed by atoms with Crippen LogP contribution in [0.4, 0.5) is 0 Å². The maximum absolute atomic E-state index is 11.7. The van der Waals surface area contributed by atoms with Crippen molar-refractivity contribution in [2.45, 2.75) is 6.92 Å².